The van der Waals surface area contributed by atoms with Gasteiger partial charge in [-0.3, -0.25) is 0 Å². The molecule has 15 heavy (non-hydrogen) atoms. The zero-order valence-electron chi connectivity index (χ0n) is 8.21. The molecule has 2 nitrogen and oxygen atoms in total. The fourth-order valence-electron chi connectivity index (χ4n) is 1.50. The highest BCUT2D eigenvalue weighted by Gasteiger charge is 2.07. The maximum atomic E-state index is 8.87. The van der Waals surface area contributed by atoms with E-state index in [0.29, 0.717) is 5.56 Å². The van der Waals surface area contributed by atoms with Gasteiger partial charge in [0, 0.05) is 21.4 Å². The van der Waals surface area contributed by atoms with Gasteiger partial charge in [0.05, 0.1) is 5.56 Å². The predicted molar refractivity (Wildman–Crippen MR) is 63.4 cm³/mol. The second-order valence-electron chi connectivity index (χ2n) is 3.31. The molecule has 1 N–H and O–H groups in total. The van der Waals surface area contributed by atoms with Crippen molar-refractivity contribution in [1.29, 1.82) is 5.26 Å². The van der Waals surface area contributed by atoms with Crippen LogP contribution in [0.5, 0.6) is 0 Å². The summed E-state index contributed by atoms with van der Waals surface area (Å²) in [5.41, 5.74) is 3.64. The van der Waals surface area contributed by atoms with Crippen LogP contribution < -0.4 is 0 Å². The molecule has 2 rings (SSSR count). The molecule has 0 aliphatic heterocycles. The molecule has 1 aromatic heterocycles. The van der Waals surface area contributed by atoms with Crippen LogP contribution >= 0.6 is 15.9 Å². The Labute approximate surface area is 96.7 Å². The number of hydrogen-bond acceptors (Lipinski definition) is 1. The third-order valence-electron chi connectivity index (χ3n) is 2.30. The molecule has 0 aliphatic carbocycles. The zero-order chi connectivity index (χ0) is 10.8. The van der Waals surface area contributed by atoms with Gasteiger partial charge in [0.2, 0.25) is 0 Å². The summed E-state index contributed by atoms with van der Waals surface area (Å²) in [4.78, 5) is 3.20. The molecule has 1 heterocycles. The minimum atomic E-state index is 0.695. The van der Waals surface area contributed by atoms with Crippen LogP contribution in [-0.4, -0.2) is 4.98 Å². The van der Waals surface area contributed by atoms with E-state index >= 15 is 0 Å². The average Bonchev–Trinajstić information content (AvgIpc) is 2.60. The first-order chi connectivity index (χ1) is 7.22. The van der Waals surface area contributed by atoms with E-state index in [0.717, 1.165) is 21.4 Å². The van der Waals surface area contributed by atoms with Crippen molar-refractivity contribution in [2.75, 3.05) is 0 Å². The Morgan fingerprint density at radius 3 is 2.67 bits per heavy atom. The third-order valence-corrected chi connectivity index (χ3v) is 2.99. The highest BCUT2D eigenvalue weighted by atomic mass is 79.9. The van der Waals surface area contributed by atoms with Gasteiger partial charge in [-0.15, -0.1) is 0 Å². The van der Waals surface area contributed by atoms with E-state index in [1.165, 1.54) is 0 Å². The van der Waals surface area contributed by atoms with Crippen molar-refractivity contribution in [3.05, 3.63) is 46.1 Å². The summed E-state index contributed by atoms with van der Waals surface area (Å²) in [7, 11) is 0. The van der Waals surface area contributed by atoms with Crippen LogP contribution in [-0.2, 0) is 0 Å². The highest BCUT2D eigenvalue weighted by molar-refractivity contribution is 9.10. The first-order valence-corrected chi connectivity index (χ1v) is 5.36. The number of aromatic nitrogens is 1. The van der Waals surface area contributed by atoms with Crippen LogP contribution in [0.4, 0.5) is 0 Å². The summed E-state index contributed by atoms with van der Waals surface area (Å²) >= 11 is 3.49. The molecule has 1 aromatic carbocycles. The minimum Gasteiger partial charge on any atom is -0.357 e. The average molecular weight is 261 g/mol. The van der Waals surface area contributed by atoms with Crippen LogP contribution in [0.1, 0.15) is 11.3 Å². The Kier molecular flexibility index (Phi) is 2.61. The van der Waals surface area contributed by atoms with Crippen molar-refractivity contribution >= 4 is 15.9 Å². The molecule has 0 radical (unpaired) electrons. The lowest BCUT2D eigenvalue weighted by Gasteiger charge is -2.00. The summed E-state index contributed by atoms with van der Waals surface area (Å²) in [5.74, 6) is 0. The molecular formula is C12H9BrN2. The van der Waals surface area contributed by atoms with Crippen LogP contribution in [0.15, 0.2) is 34.8 Å². The molecule has 0 spiro atoms. The van der Waals surface area contributed by atoms with Crippen molar-refractivity contribution in [3.8, 4) is 17.3 Å². The molecule has 0 saturated carbocycles. The van der Waals surface area contributed by atoms with E-state index < -0.39 is 0 Å². The lowest BCUT2D eigenvalue weighted by molar-refractivity contribution is 1.25. The van der Waals surface area contributed by atoms with Crippen molar-refractivity contribution < 1.29 is 0 Å². The molecule has 0 saturated heterocycles. The van der Waals surface area contributed by atoms with Gasteiger partial charge in [-0.25, -0.2) is 0 Å². The van der Waals surface area contributed by atoms with E-state index in [4.69, 9.17) is 5.26 Å². The monoisotopic (exact) mass is 260 g/mol. The molecule has 0 amide bonds. The first-order valence-electron chi connectivity index (χ1n) is 4.57. The fourth-order valence-corrected chi connectivity index (χ4v) is 2.00. The molecule has 0 unspecified atom stereocenters. The summed E-state index contributed by atoms with van der Waals surface area (Å²) in [6, 6.07) is 12.0. The van der Waals surface area contributed by atoms with Gasteiger partial charge >= 0.3 is 0 Å². The first kappa shape index (κ1) is 10.0. The number of hydrogen-bond donors (Lipinski definition) is 1. The van der Waals surface area contributed by atoms with Crippen molar-refractivity contribution in [2.24, 2.45) is 0 Å². The van der Waals surface area contributed by atoms with Gasteiger partial charge in [-0.05, 0) is 19.1 Å². The number of aryl methyl sites for hydroxylation is 1. The number of rotatable bonds is 1. The normalized spacial score (nSPS) is 9.93. The lowest BCUT2D eigenvalue weighted by atomic mass is 10.1. The number of halogens is 1. The Morgan fingerprint density at radius 2 is 2.07 bits per heavy atom. The zero-order valence-corrected chi connectivity index (χ0v) is 9.80. The Morgan fingerprint density at radius 1 is 1.33 bits per heavy atom. The van der Waals surface area contributed by atoms with Gasteiger partial charge in [0.25, 0.3) is 0 Å². The number of nitriles is 1. The summed E-state index contributed by atoms with van der Waals surface area (Å²) in [6.45, 7) is 1.90. The molecule has 3 heteroatoms. The smallest absolute Gasteiger partial charge is 0.101 e. The van der Waals surface area contributed by atoms with Crippen molar-refractivity contribution in [1.82, 2.24) is 4.98 Å². The second kappa shape index (κ2) is 3.92. The summed E-state index contributed by atoms with van der Waals surface area (Å²) in [6.07, 6.45) is 0. The van der Waals surface area contributed by atoms with Crippen LogP contribution in [0.25, 0.3) is 11.3 Å². The van der Waals surface area contributed by atoms with Crippen molar-refractivity contribution in [2.45, 2.75) is 6.92 Å². The fraction of sp³-hybridized carbons (Fsp3) is 0.0833. The van der Waals surface area contributed by atoms with E-state index in [2.05, 4.69) is 27.0 Å². The molecule has 0 atom stereocenters. The number of aromatic amines is 1. The molecule has 2 aromatic rings. The van der Waals surface area contributed by atoms with Gasteiger partial charge in [0.1, 0.15) is 6.07 Å². The van der Waals surface area contributed by atoms with E-state index in [9.17, 15) is 0 Å². The predicted octanol–water partition coefficient (Wildman–Crippen LogP) is 3.62. The SMILES string of the molecule is Cc1[nH]c(-c2ccccc2Br)cc1C#N. The van der Waals surface area contributed by atoms with Crippen LogP contribution in [0, 0.1) is 18.3 Å². The van der Waals surface area contributed by atoms with Gasteiger partial charge in [0.15, 0.2) is 0 Å². The number of nitrogens with one attached hydrogen (secondary N) is 1. The molecule has 0 bridgehead atoms. The Hall–Kier alpha value is -1.53. The molecule has 74 valence electrons. The number of nitrogens with zero attached hydrogens (tertiary/aromatic N) is 1. The Balaban J connectivity index is 2.56. The van der Waals surface area contributed by atoms with Crippen molar-refractivity contribution in [3.63, 3.8) is 0 Å². The van der Waals surface area contributed by atoms with E-state index in [1.54, 1.807) is 0 Å². The van der Waals surface area contributed by atoms with Crippen LogP contribution in [0.3, 0.4) is 0 Å². The molecule has 0 aliphatic rings. The minimum absolute atomic E-state index is 0.695. The molecule has 0 fully saturated rings. The quantitative estimate of drug-likeness (QED) is 0.836. The third kappa shape index (κ3) is 1.81. The van der Waals surface area contributed by atoms with Gasteiger partial charge in [-0.1, -0.05) is 34.1 Å². The largest absolute Gasteiger partial charge is 0.357 e. The number of benzene rings is 1. The van der Waals surface area contributed by atoms with Gasteiger partial charge in [-0.2, -0.15) is 5.26 Å². The molecular weight excluding hydrogens is 252 g/mol. The van der Waals surface area contributed by atoms with E-state index in [-0.39, 0.29) is 0 Å². The van der Waals surface area contributed by atoms with E-state index in [1.807, 2.05) is 37.3 Å². The topological polar surface area (TPSA) is 39.6 Å². The maximum absolute atomic E-state index is 8.87. The Bertz CT molecular complexity index is 535. The lowest BCUT2D eigenvalue weighted by Crippen LogP contribution is -1.79. The maximum Gasteiger partial charge on any atom is 0.101 e. The second-order valence-corrected chi connectivity index (χ2v) is 4.17. The van der Waals surface area contributed by atoms with Gasteiger partial charge < -0.3 is 4.98 Å². The van der Waals surface area contributed by atoms with Crippen LogP contribution in [0.2, 0.25) is 0 Å². The standard InChI is InChI=1S/C12H9BrN2/c1-8-9(7-14)6-12(15-8)10-4-2-3-5-11(10)13/h2-6,15H,1H3. The summed E-state index contributed by atoms with van der Waals surface area (Å²) in [5, 5.41) is 8.87. The highest BCUT2D eigenvalue weighted by Crippen LogP contribution is 2.28. The number of H-pyrrole nitrogens is 1. The summed E-state index contributed by atoms with van der Waals surface area (Å²) < 4.78 is 1.02.